The van der Waals surface area contributed by atoms with Gasteiger partial charge in [-0.25, -0.2) is 9.97 Å². The molecule has 3 saturated heterocycles. The Morgan fingerprint density at radius 3 is 1.19 bits per heavy atom. The van der Waals surface area contributed by atoms with Gasteiger partial charge in [-0.15, -0.1) is 0 Å². The van der Waals surface area contributed by atoms with Gasteiger partial charge in [0.1, 0.15) is 66.5 Å². The van der Waals surface area contributed by atoms with Crippen LogP contribution in [-0.4, -0.2) is 216 Å². The summed E-state index contributed by atoms with van der Waals surface area (Å²) < 4.78 is 0. The second kappa shape index (κ2) is 42.8. The molecular formula is C77H104N22O12S2. The summed E-state index contributed by atoms with van der Waals surface area (Å²) in [5.74, 6) is -10.7. The number of hydrogen-bond acceptors (Lipinski definition) is 20. The quantitative estimate of drug-likeness (QED) is 0.0247. The summed E-state index contributed by atoms with van der Waals surface area (Å²) in [5, 5.41) is 31.1. The van der Waals surface area contributed by atoms with Crippen LogP contribution in [0.3, 0.4) is 0 Å². The molecule has 7 heterocycles. The Labute approximate surface area is 661 Å². The number of nitrogens with two attached hydrogens (primary N) is 4. The highest BCUT2D eigenvalue weighted by molar-refractivity contribution is 8.77. The van der Waals surface area contributed by atoms with Crippen molar-refractivity contribution in [2.24, 2.45) is 22.9 Å². The third kappa shape index (κ3) is 24.2. The molecule has 0 radical (unpaired) electrons. The Morgan fingerprint density at radius 1 is 0.381 bits per heavy atom. The average molecular weight is 1590 g/mol. The van der Waals surface area contributed by atoms with E-state index >= 15 is 47.9 Å². The zero-order chi connectivity index (χ0) is 80.2. The number of rotatable bonds is 26. The lowest BCUT2D eigenvalue weighted by Crippen LogP contribution is -2.62. The summed E-state index contributed by atoms with van der Waals surface area (Å²) in [4.78, 5) is 207. The molecule has 3 aliphatic heterocycles. The van der Waals surface area contributed by atoms with Gasteiger partial charge in [0.25, 0.3) is 5.91 Å². The van der Waals surface area contributed by atoms with Crippen molar-refractivity contribution < 1.29 is 57.5 Å². The molecule has 0 saturated carbocycles. The number of aromatic amines is 4. The Kier molecular flexibility index (Phi) is 32.1. The van der Waals surface area contributed by atoms with Gasteiger partial charge in [-0.1, -0.05) is 88.3 Å². The number of aromatic nitrogens is 6. The summed E-state index contributed by atoms with van der Waals surface area (Å²) in [5.41, 5.74) is 27.6. The average Bonchev–Trinajstić information content (AvgIpc) is 1.76. The van der Waals surface area contributed by atoms with Gasteiger partial charge in [-0.05, 0) is 145 Å². The zero-order valence-electron chi connectivity index (χ0n) is 62.9. The summed E-state index contributed by atoms with van der Waals surface area (Å²) in [6.45, 7) is 0.842. The van der Waals surface area contributed by atoms with E-state index in [1.165, 1.54) is 29.9 Å². The molecule has 3 fully saturated rings. The van der Waals surface area contributed by atoms with Crippen LogP contribution >= 0.6 is 21.6 Å². The maximum Gasteiger partial charge on any atom is 0.257 e. The molecule has 4 aromatic heterocycles. The smallest absolute Gasteiger partial charge is 0.257 e. The first-order chi connectivity index (χ1) is 54.8. The SMILES string of the molecule is NCCCC[C@@H]1NC(=O)[C@H](CCCCN)NC(=O)[C@@H]2CSS[C@H](NC(=O)[C@H](Cc3c[nH]c4ccccc34)NC(=O)[C@H](CCCCN)NC(=O)[C@H](CCCCN)NC1=O)C(=O)N1CCC[C@H]1C(=O)N[C@@H](Cc1c[nH]cn1)C(=O)N[C@H](Cc1ccccc1)C(=O)N[C@@H](Cc1c[nH]cn1)C(=O)N[C@@H](Cc1c[nH]c3ccccc13)C(=O)N2. The topological polar surface area (TPSA) is 533 Å². The fourth-order valence-electron chi connectivity index (χ4n) is 14.1. The number of hydrogen-bond donors (Lipinski definition) is 19. The van der Waals surface area contributed by atoms with Crippen LogP contribution < -0.4 is 81.4 Å². The first-order valence-corrected chi connectivity index (χ1v) is 41.0. The van der Waals surface area contributed by atoms with Crippen molar-refractivity contribution in [2.75, 3.05) is 38.5 Å². The minimum Gasteiger partial charge on any atom is -0.361 e. The number of nitrogens with zero attached hydrogens (tertiary/aromatic N) is 3. The Balaban J connectivity index is 1.12. The first-order valence-electron chi connectivity index (χ1n) is 38.6. The number of imidazole rings is 2. The largest absolute Gasteiger partial charge is 0.361 e. The van der Waals surface area contributed by atoms with Crippen LogP contribution in [0.4, 0.5) is 0 Å². The van der Waals surface area contributed by atoms with Gasteiger partial charge in [-0.3, -0.25) is 57.5 Å². The summed E-state index contributed by atoms with van der Waals surface area (Å²) in [6, 6.07) is 7.13. The Morgan fingerprint density at radius 2 is 0.752 bits per heavy atom. The number of carbonyl (C=O) groups excluding carboxylic acids is 12. The van der Waals surface area contributed by atoms with E-state index in [1.807, 2.05) is 36.4 Å². The van der Waals surface area contributed by atoms with E-state index < -0.39 is 148 Å². The second-order valence-electron chi connectivity index (χ2n) is 28.6. The van der Waals surface area contributed by atoms with E-state index in [0.29, 0.717) is 94.8 Å². The van der Waals surface area contributed by atoms with Gasteiger partial charge >= 0.3 is 0 Å². The molecule has 36 heteroatoms. The van der Waals surface area contributed by atoms with Crippen LogP contribution in [0.5, 0.6) is 0 Å². The Hall–Kier alpha value is -10.7. The first kappa shape index (κ1) is 84.8. The number of unbranched alkanes of at least 4 members (excludes halogenated alkanes) is 4. The number of H-pyrrole nitrogens is 4. The number of carbonyl (C=O) groups is 12. The maximum atomic E-state index is 16.0. The van der Waals surface area contributed by atoms with Gasteiger partial charge < -0.3 is 106 Å². The molecule has 12 atom stereocenters. The number of amides is 12. The van der Waals surface area contributed by atoms with Gasteiger partial charge in [0.2, 0.25) is 65.0 Å². The van der Waals surface area contributed by atoms with Crippen molar-refractivity contribution in [3.8, 4) is 0 Å². The number of benzene rings is 3. The molecule has 34 nitrogen and oxygen atoms in total. The van der Waals surface area contributed by atoms with Crippen molar-refractivity contribution in [2.45, 2.75) is 194 Å². The predicted octanol–water partition coefficient (Wildman–Crippen LogP) is -0.185. The van der Waals surface area contributed by atoms with Gasteiger partial charge in [0.05, 0.1) is 24.0 Å². The maximum absolute atomic E-state index is 16.0. The molecule has 10 rings (SSSR count). The molecule has 2 bridgehead atoms. The lowest BCUT2D eigenvalue weighted by atomic mass is 10.0. The third-order valence-electron chi connectivity index (χ3n) is 20.3. The highest BCUT2D eigenvalue weighted by Crippen LogP contribution is 2.32. The molecule has 0 aliphatic carbocycles. The number of fused-ring (bicyclic) bond motifs is 7. The van der Waals surface area contributed by atoms with E-state index in [1.54, 1.807) is 54.9 Å². The van der Waals surface area contributed by atoms with Crippen molar-refractivity contribution in [3.63, 3.8) is 0 Å². The monoisotopic (exact) mass is 1590 g/mol. The van der Waals surface area contributed by atoms with Crippen molar-refractivity contribution in [3.05, 3.63) is 144 Å². The van der Waals surface area contributed by atoms with Crippen LogP contribution in [0.15, 0.2) is 116 Å². The summed E-state index contributed by atoms with van der Waals surface area (Å²) in [6.07, 6.45) is 11.3. The van der Waals surface area contributed by atoms with Crippen molar-refractivity contribution in [1.29, 1.82) is 0 Å². The molecule has 7 aromatic rings. The second-order valence-corrected chi connectivity index (χ2v) is 31.1. The molecule has 606 valence electrons. The summed E-state index contributed by atoms with van der Waals surface area (Å²) in [7, 11) is 1.57. The Bertz CT molecular complexity index is 4360. The van der Waals surface area contributed by atoms with Crippen LogP contribution in [0.2, 0.25) is 0 Å². The van der Waals surface area contributed by atoms with E-state index in [2.05, 4.69) is 88.4 Å². The molecule has 23 N–H and O–H groups in total. The fourth-order valence-corrected chi connectivity index (χ4v) is 16.5. The standard InChI is InChI=1S/C77H104N22O12S2/c78-28-12-8-23-54-65(100)88-55(24-9-13-29-79)66(101)90-57(26-11-15-31-81)68(103)93-60(35-47-39-85-53-22-7-5-20-51(47)53)73(108)98-76-77(111)99-32-16-27-64(99)75(110)96-62(37-49-41-83-44-87-49)72(107)92-58(33-45-17-2-1-3-18-45)69(104)95-61(36-48-40-82-43-86-48)71(106)94-59(34-46-38-84-52-21-6-4-19-50(46)52)70(105)97-63(42-112-113-76)74(109)91-56(67(102)89-54)25-10-14-30-80/h1-7,17-22,38-41,43-44,54-64,76,84-85H,8-16,23-37,42,78-81H2,(H,82,86)(H,83,87)(H,88,100)(H,89,102)(H,90,101)(H,91,109)(H,92,107)(H,93,103)(H,94,106)(H,95,104)(H,96,110)(H,97,105)(H,98,108)/t54-,55-,56-,57-,58+,59-,60-,61-,62-,63-,64-,76-/m0/s1. The lowest BCUT2D eigenvalue weighted by Gasteiger charge is -2.31. The predicted molar refractivity (Wildman–Crippen MR) is 426 cm³/mol. The zero-order valence-corrected chi connectivity index (χ0v) is 64.6. The molecule has 0 unspecified atom stereocenters. The van der Waals surface area contributed by atoms with E-state index in [4.69, 9.17) is 22.9 Å². The van der Waals surface area contributed by atoms with Gasteiger partial charge in [0, 0.05) is 91.0 Å². The molecule has 12 amide bonds. The normalized spacial score (nSPS) is 24.2. The highest BCUT2D eigenvalue weighted by atomic mass is 33.1. The molecular weight excluding hydrogens is 1490 g/mol. The van der Waals surface area contributed by atoms with Crippen LogP contribution in [0.1, 0.15) is 118 Å². The fraction of sp³-hybridized carbons (Fsp3) is 0.481. The molecule has 113 heavy (non-hydrogen) atoms. The molecule has 3 aromatic carbocycles. The number of nitrogens with one attached hydrogen (secondary N) is 15. The number of para-hydroxylation sites is 2. The van der Waals surface area contributed by atoms with Crippen LogP contribution in [0, 0.1) is 0 Å². The van der Waals surface area contributed by atoms with E-state index in [-0.39, 0.29) is 110 Å². The third-order valence-corrected chi connectivity index (χ3v) is 22.8. The van der Waals surface area contributed by atoms with Gasteiger partial charge in [-0.2, -0.15) is 0 Å². The van der Waals surface area contributed by atoms with Gasteiger partial charge in [0.15, 0.2) is 5.37 Å². The van der Waals surface area contributed by atoms with E-state index in [9.17, 15) is 9.59 Å². The van der Waals surface area contributed by atoms with Crippen LogP contribution in [0.25, 0.3) is 21.8 Å². The minimum atomic E-state index is -1.71. The van der Waals surface area contributed by atoms with Crippen molar-refractivity contribution in [1.82, 2.24) is 93.3 Å². The van der Waals surface area contributed by atoms with Crippen molar-refractivity contribution >= 4 is 114 Å². The minimum absolute atomic E-state index is 0.00872. The highest BCUT2D eigenvalue weighted by Gasteiger charge is 2.43. The molecule has 3 aliphatic rings. The molecule has 0 spiro atoms. The van der Waals surface area contributed by atoms with E-state index in [0.717, 1.165) is 21.6 Å². The lowest BCUT2D eigenvalue weighted by molar-refractivity contribution is -0.141. The summed E-state index contributed by atoms with van der Waals surface area (Å²) >= 11 is 0. The van der Waals surface area contributed by atoms with Crippen LogP contribution in [-0.2, 0) is 89.6 Å².